The maximum Gasteiger partial charge on any atom is 0.290 e. The summed E-state index contributed by atoms with van der Waals surface area (Å²) in [5.41, 5.74) is 3.65. The molecule has 3 aromatic carbocycles. The molecule has 6 nitrogen and oxygen atoms in total. The van der Waals surface area contributed by atoms with Crippen molar-refractivity contribution in [3.05, 3.63) is 118 Å². The van der Waals surface area contributed by atoms with Gasteiger partial charge in [0.15, 0.2) is 11.5 Å². The summed E-state index contributed by atoms with van der Waals surface area (Å²) in [7, 11) is 1.62. The first-order valence-electron chi connectivity index (χ1n) is 11.9. The topological polar surface area (TPSA) is 82.6 Å². The van der Waals surface area contributed by atoms with E-state index in [2.05, 4.69) is 20.9 Å². The zero-order valence-electron chi connectivity index (χ0n) is 20.1. The number of allylic oxidation sites excluding steroid dienone is 1. The van der Waals surface area contributed by atoms with Gasteiger partial charge in [0, 0.05) is 28.1 Å². The van der Waals surface area contributed by atoms with E-state index in [1.165, 1.54) is 6.08 Å². The number of benzene rings is 3. The van der Waals surface area contributed by atoms with Gasteiger partial charge in [0.25, 0.3) is 5.91 Å². The average Bonchev–Trinajstić information content (AvgIpc) is 3.44. The Bertz CT molecular complexity index is 1540. The highest BCUT2D eigenvalue weighted by molar-refractivity contribution is 9.10. The molecule has 1 amide bonds. The van der Waals surface area contributed by atoms with E-state index in [4.69, 9.17) is 4.74 Å². The molecule has 2 heterocycles. The molecule has 0 saturated heterocycles. The number of amides is 1. The van der Waals surface area contributed by atoms with Crippen molar-refractivity contribution in [2.24, 2.45) is 0 Å². The molecule has 1 atom stereocenters. The van der Waals surface area contributed by atoms with Gasteiger partial charge < -0.3 is 19.7 Å². The normalized spacial score (nSPS) is 15.8. The second kappa shape index (κ2) is 10.5. The third-order valence-corrected chi connectivity index (χ3v) is 7.05. The highest BCUT2D eigenvalue weighted by atomic mass is 79.9. The number of aliphatic hydroxyl groups excluding tert-OH is 1. The number of aliphatic hydroxyl groups is 1. The van der Waals surface area contributed by atoms with Gasteiger partial charge >= 0.3 is 0 Å². The predicted molar refractivity (Wildman–Crippen MR) is 147 cm³/mol. The fourth-order valence-corrected chi connectivity index (χ4v) is 5.13. The van der Waals surface area contributed by atoms with E-state index in [-0.39, 0.29) is 5.57 Å². The molecule has 0 radical (unpaired) electrons. The third-order valence-electron chi connectivity index (χ3n) is 6.56. The second-order valence-electron chi connectivity index (χ2n) is 8.80. The van der Waals surface area contributed by atoms with Crippen molar-refractivity contribution in [2.45, 2.75) is 12.5 Å². The van der Waals surface area contributed by atoms with Crippen LogP contribution in [0, 0.1) is 0 Å². The van der Waals surface area contributed by atoms with Gasteiger partial charge in [-0.25, -0.2) is 0 Å². The minimum atomic E-state index is -0.710. The van der Waals surface area contributed by atoms with Crippen LogP contribution < -0.4 is 4.74 Å². The van der Waals surface area contributed by atoms with Crippen molar-refractivity contribution in [3.63, 3.8) is 0 Å². The number of H-pyrrole nitrogens is 1. The fraction of sp³-hybridized carbons (Fsp3) is 0.133. The first-order valence-corrected chi connectivity index (χ1v) is 12.7. The summed E-state index contributed by atoms with van der Waals surface area (Å²) in [4.78, 5) is 31.5. The summed E-state index contributed by atoms with van der Waals surface area (Å²) < 4.78 is 6.19. The number of rotatable bonds is 8. The minimum Gasteiger partial charge on any atom is -0.503 e. The van der Waals surface area contributed by atoms with E-state index >= 15 is 0 Å². The summed E-state index contributed by atoms with van der Waals surface area (Å²) in [6.45, 7) is 0.309. The number of aromatic nitrogens is 1. The summed E-state index contributed by atoms with van der Waals surface area (Å²) in [6.07, 6.45) is 5.54. The highest BCUT2D eigenvalue weighted by Crippen LogP contribution is 2.39. The highest BCUT2D eigenvalue weighted by Gasteiger charge is 2.42. The molecular weight excluding hydrogens is 532 g/mol. The maximum absolute atomic E-state index is 13.4. The molecule has 0 fully saturated rings. The van der Waals surface area contributed by atoms with Crippen LogP contribution in [-0.4, -0.2) is 40.3 Å². The molecule has 7 heteroatoms. The zero-order valence-corrected chi connectivity index (χ0v) is 21.7. The number of hydrogen-bond acceptors (Lipinski definition) is 4. The standard InChI is InChI=1S/C30H25BrN2O4/c1-37-23-11-12-25-24(17-23)21(18-32-25)14-15-33-28(20-8-5-9-22(31)16-20)27(29(35)30(33)36)26(34)13-10-19-6-3-2-4-7-19/h2-13,16-18,28,32,35H,14-15H2,1H3/b13-10+/t28-/m1/s1. The van der Waals surface area contributed by atoms with Crippen molar-refractivity contribution in [1.82, 2.24) is 9.88 Å². The number of nitrogens with one attached hydrogen (secondary N) is 1. The number of carbonyl (C=O) groups is 2. The monoisotopic (exact) mass is 556 g/mol. The Morgan fingerprint density at radius 1 is 1.11 bits per heavy atom. The Labute approximate surface area is 223 Å². The molecule has 0 unspecified atom stereocenters. The Morgan fingerprint density at radius 2 is 1.92 bits per heavy atom. The summed E-state index contributed by atoms with van der Waals surface area (Å²) in [6, 6.07) is 22.0. The van der Waals surface area contributed by atoms with Gasteiger partial charge in [-0.2, -0.15) is 0 Å². The van der Waals surface area contributed by atoms with Crippen molar-refractivity contribution in [3.8, 4) is 5.75 Å². The van der Waals surface area contributed by atoms with Gasteiger partial charge in [-0.1, -0.05) is 64.5 Å². The lowest BCUT2D eigenvalue weighted by Crippen LogP contribution is -2.33. The van der Waals surface area contributed by atoms with Crippen LogP contribution in [0.4, 0.5) is 0 Å². The average molecular weight is 557 g/mol. The van der Waals surface area contributed by atoms with Crippen molar-refractivity contribution in [1.29, 1.82) is 0 Å². The first-order chi connectivity index (χ1) is 18.0. The third kappa shape index (κ3) is 4.95. The summed E-state index contributed by atoms with van der Waals surface area (Å²) in [5.74, 6) is -0.721. The largest absolute Gasteiger partial charge is 0.503 e. The van der Waals surface area contributed by atoms with Crippen LogP contribution in [0.5, 0.6) is 5.75 Å². The van der Waals surface area contributed by atoms with Gasteiger partial charge in [0.1, 0.15) is 5.75 Å². The Hall–Kier alpha value is -4.10. The Morgan fingerprint density at radius 3 is 2.68 bits per heavy atom. The molecule has 0 bridgehead atoms. The van der Waals surface area contributed by atoms with Crippen LogP contribution in [0.1, 0.15) is 22.7 Å². The number of methoxy groups -OCH3 is 1. The molecule has 1 aromatic heterocycles. The van der Waals surface area contributed by atoms with E-state index in [1.807, 2.05) is 79.0 Å². The van der Waals surface area contributed by atoms with Gasteiger partial charge in [-0.15, -0.1) is 0 Å². The molecule has 5 rings (SSSR count). The van der Waals surface area contributed by atoms with Crippen LogP contribution in [0.15, 0.2) is 101 Å². The van der Waals surface area contributed by atoms with Gasteiger partial charge in [0.05, 0.1) is 18.7 Å². The number of nitrogens with zero attached hydrogens (tertiary/aromatic N) is 1. The number of carbonyl (C=O) groups excluding carboxylic acids is 2. The predicted octanol–water partition coefficient (Wildman–Crippen LogP) is 6.16. The van der Waals surface area contributed by atoms with Crippen molar-refractivity contribution >= 4 is 44.6 Å². The SMILES string of the molecule is COc1ccc2[nH]cc(CCN3C(=O)C(O)=C(C(=O)/C=C/c4ccccc4)[C@H]3c3cccc(Br)c3)c2c1. The number of halogens is 1. The number of fused-ring (bicyclic) bond motifs is 1. The molecule has 1 aliphatic heterocycles. The number of ether oxygens (including phenoxy) is 1. The molecule has 0 saturated carbocycles. The quantitative estimate of drug-likeness (QED) is 0.254. The summed E-state index contributed by atoms with van der Waals surface area (Å²) in [5, 5.41) is 11.9. The lowest BCUT2D eigenvalue weighted by Gasteiger charge is -2.26. The lowest BCUT2D eigenvalue weighted by atomic mass is 9.95. The number of hydrogen-bond donors (Lipinski definition) is 2. The Balaban J connectivity index is 1.47. The van der Waals surface area contributed by atoms with E-state index in [9.17, 15) is 14.7 Å². The zero-order chi connectivity index (χ0) is 25.9. The second-order valence-corrected chi connectivity index (χ2v) is 9.72. The fourth-order valence-electron chi connectivity index (χ4n) is 4.72. The molecule has 37 heavy (non-hydrogen) atoms. The van der Waals surface area contributed by atoms with Crippen LogP contribution in [0.3, 0.4) is 0 Å². The molecule has 186 valence electrons. The van der Waals surface area contributed by atoms with E-state index < -0.39 is 23.5 Å². The van der Waals surface area contributed by atoms with Gasteiger partial charge in [-0.3, -0.25) is 9.59 Å². The molecule has 2 N–H and O–H groups in total. The van der Waals surface area contributed by atoms with Gasteiger partial charge in [-0.05, 0) is 59.5 Å². The lowest BCUT2D eigenvalue weighted by molar-refractivity contribution is -0.129. The van der Waals surface area contributed by atoms with E-state index in [1.54, 1.807) is 18.1 Å². The summed E-state index contributed by atoms with van der Waals surface area (Å²) >= 11 is 3.49. The molecular formula is C30H25BrN2O4. The molecule has 0 aliphatic carbocycles. The molecule has 0 spiro atoms. The van der Waals surface area contributed by atoms with Crippen LogP contribution >= 0.6 is 15.9 Å². The van der Waals surface area contributed by atoms with Crippen LogP contribution in [-0.2, 0) is 16.0 Å². The molecule has 1 aliphatic rings. The number of aromatic amines is 1. The van der Waals surface area contributed by atoms with Crippen LogP contribution in [0.25, 0.3) is 17.0 Å². The Kier molecular flexibility index (Phi) is 6.97. The van der Waals surface area contributed by atoms with Gasteiger partial charge in [0.2, 0.25) is 0 Å². The van der Waals surface area contributed by atoms with Crippen molar-refractivity contribution in [2.75, 3.05) is 13.7 Å². The maximum atomic E-state index is 13.4. The van der Waals surface area contributed by atoms with Crippen molar-refractivity contribution < 1.29 is 19.4 Å². The first kappa shape index (κ1) is 24.6. The minimum absolute atomic E-state index is 0.0795. The van der Waals surface area contributed by atoms with Crippen LogP contribution in [0.2, 0.25) is 0 Å². The van der Waals surface area contributed by atoms with E-state index in [0.29, 0.717) is 13.0 Å². The number of ketones is 1. The smallest absolute Gasteiger partial charge is 0.290 e. The molecule has 4 aromatic rings. The van der Waals surface area contributed by atoms with E-state index in [0.717, 1.165) is 37.8 Å².